The fourth-order valence-electron chi connectivity index (χ4n) is 7.44. The molecule has 4 amide bonds. The Labute approximate surface area is 509 Å². The minimum Gasteiger partial charge on any atom is -0.870 e. The van der Waals surface area contributed by atoms with Crippen LogP contribution in [0.3, 0.4) is 0 Å². The van der Waals surface area contributed by atoms with E-state index in [1.807, 2.05) is 60.7 Å². The summed E-state index contributed by atoms with van der Waals surface area (Å²) in [5, 5.41) is 20.0. The van der Waals surface area contributed by atoms with E-state index in [0.717, 1.165) is 23.7 Å². The second kappa shape index (κ2) is 32.5. The van der Waals surface area contributed by atoms with Crippen molar-refractivity contribution in [3.05, 3.63) is 133 Å². The summed E-state index contributed by atoms with van der Waals surface area (Å²) < 4.78 is 58.6. The Morgan fingerprint density at radius 1 is 0.494 bits per heavy atom. The SMILES string of the molecule is CC(C)(C)OC(=O)NCCCCC(NC(=O)OCc1ccccc1)c1nc(-c2nc(-c3nc(C(=O)O)co3)co2)co1.COC(=O)c1coc(-c2coc(-c3coc(C(CCCCNC(=O)OC(C)(C)C)NC(=O)OCc4ccccc4)n3)n2)n1.[Li+].[OH-]. The van der Waals surface area contributed by atoms with E-state index in [1.165, 1.54) is 32.2 Å². The second-order valence-corrected chi connectivity index (χ2v) is 20.5. The number of hydrogen-bond donors (Lipinski definition) is 5. The van der Waals surface area contributed by atoms with Crippen LogP contribution in [0.5, 0.6) is 0 Å². The van der Waals surface area contributed by atoms with Gasteiger partial charge in [0.25, 0.3) is 0 Å². The summed E-state index contributed by atoms with van der Waals surface area (Å²) in [4.78, 5) is 97.2. The van der Waals surface area contributed by atoms with Crippen LogP contribution in [0.2, 0.25) is 0 Å². The van der Waals surface area contributed by atoms with Crippen LogP contribution in [0, 0.1) is 0 Å². The Kier molecular flexibility index (Phi) is 25.4. The van der Waals surface area contributed by atoms with Crippen LogP contribution >= 0.6 is 0 Å². The number of aromatic carboxylic acids is 1. The first kappa shape index (κ1) is 68.1. The van der Waals surface area contributed by atoms with Crippen molar-refractivity contribution < 1.29 is 108 Å². The number of oxazole rings is 6. The number of carbonyl (C=O) groups excluding carboxylic acids is 5. The third-order valence-corrected chi connectivity index (χ3v) is 11.3. The van der Waals surface area contributed by atoms with Gasteiger partial charge in [0.2, 0.25) is 35.3 Å². The van der Waals surface area contributed by atoms with Crippen molar-refractivity contribution in [3.8, 4) is 46.3 Å². The molecule has 2 atom stereocenters. The summed E-state index contributed by atoms with van der Waals surface area (Å²) in [5.74, 6) is -1.30. The number of amides is 4. The molecule has 0 spiro atoms. The van der Waals surface area contributed by atoms with Crippen molar-refractivity contribution in [1.82, 2.24) is 51.2 Å². The maximum atomic E-state index is 12.7. The molecule has 458 valence electrons. The molecule has 0 fully saturated rings. The number of hydrogen-bond acceptors (Lipinski definition) is 24. The summed E-state index contributed by atoms with van der Waals surface area (Å²) in [7, 11) is 1.24. The maximum absolute atomic E-state index is 12.7. The topological polar surface area (TPSA) is 403 Å². The number of carboxylic acid groups (broad SMARTS) is 1. The van der Waals surface area contributed by atoms with Crippen molar-refractivity contribution >= 4 is 36.3 Å². The van der Waals surface area contributed by atoms with E-state index in [0.29, 0.717) is 51.6 Å². The number of nitrogens with zero attached hydrogens (tertiary/aromatic N) is 6. The van der Waals surface area contributed by atoms with Gasteiger partial charge in [-0.3, -0.25) is 0 Å². The number of nitrogens with one attached hydrogen (secondary N) is 4. The Morgan fingerprint density at radius 3 is 1.25 bits per heavy atom. The van der Waals surface area contributed by atoms with Crippen molar-refractivity contribution in [2.45, 2.75) is 117 Å². The number of ether oxygens (including phenoxy) is 5. The minimum atomic E-state index is -1.24. The smallest absolute Gasteiger partial charge is 0.870 e. The fourth-order valence-corrected chi connectivity index (χ4v) is 7.44. The molecular formula is C57H65LiN10O19. The molecule has 29 nitrogen and oxygen atoms in total. The second-order valence-electron chi connectivity index (χ2n) is 20.5. The van der Waals surface area contributed by atoms with Gasteiger partial charge in [-0.25, -0.2) is 58.7 Å². The van der Waals surface area contributed by atoms with E-state index in [1.54, 1.807) is 41.5 Å². The van der Waals surface area contributed by atoms with Gasteiger partial charge in [0.15, 0.2) is 34.2 Å². The van der Waals surface area contributed by atoms with Gasteiger partial charge >= 0.3 is 55.2 Å². The van der Waals surface area contributed by atoms with Gasteiger partial charge in [0.1, 0.15) is 74.1 Å². The molecule has 0 aliphatic heterocycles. The molecule has 87 heavy (non-hydrogen) atoms. The number of rotatable bonds is 24. The molecule has 0 radical (unpaired) electrons. The zero-order valence-electron chi connectivity index (χ0n) is 49.0. The summed E-state index contributed by atoms with van der Waals surface area (Å²) in [6, 6.07) is 17.2. The number of methoxy groups -OCH3 is 1. The largest absolute Gasteiger partial charge is 1.00 e. The van der Waals surface area contributed by atoms with Gasteiger partial charge in [-0.1, -0.05) is 60.7 Å². The number of unbranched alkanes of at least 4 members (excludes halogenated alkanes) is 2. The van der Waals surface area contributed by atoms with Gasteiger partial charge in [-0.05, 0) is 91.2 Å². The molecule has 0 aliphatic rings. The normalized spacial score (nSPS) is 11.7. The summed E-state index contributed by atoms with van der Waals surface area (Å²) >= 11 is 0. The molecule has 0 saturated heterocycles. The molecule has 6 aromatic heterocycles. The van der Waals surface area contributed by atoms with Crippen molar-refractivity contribution in [1.29, 1.82) is 0 Å². The first-order valence-electron chi connectivity index (χ1n) is 26.6. The number of carboxylic acids is 1. The number of aromatic nitrogens is 6. The summed E-state index contributed by atoms with van der Waals surface area (Å²) in [5.41, 5.74) is 1.09. The van der Waals surface area contributed by atoms with E-state index < -0.39 is 59.6 Å². The quantitative estimate of drug-likeness (QED) is 0.0168. The zero-order chi connectivity index (χ0) is 60.9. The van der Waals surface area contributed by atoms with Crippen molar-refractivity contribution in [3.63, 3.8) is 0 Å². The molecule has 0 aliphatic carbocycles. The molecular weight excluding hydrogens is 1140 g/mol. The monoisotopic (exact) mass is 1200 g/mol. The molecule has 30 heteroatoms. The number of benzene rings is 2. The van der Waals surface area contributed by atoms with Gasteiger partial charge in [-0.15, -0.1) is 0 Å². The van der Waals surface area contributed by atoms with Crippen molar-refractivity contribution in [2.24, 2.45) is 0 Å². The molecule has 8 rings (SSSR count). The maximum Gasteiger partial charge on any atom is 1.00 e. The first-order valence-corrected chi connectivity index (χ1v) is 26.6. The molecule has 0 bridgehead atoms. The average molecular weight is 1200 g/mol. The summed E-state index contributed by atoms with van der Waals surface area (Å²) in [6.07, 6.45) is 8.29. The average Bonchev–Trinajstić information content (AvgIpc) is 2.06. The van der Waals surface area contributed by atoms with Crippen LogP contribution in [0.15, 0.2) is 125 Å². The van der Waals surface area contributed by atoms with E-state index in [2.05, 4.69) is 55.9 Å². The zero-order valence-corrected chi connectivity index (χ0v) is 49.0. The molecule has 6 N–H and O–H groups in total. The molecule has 2 unspecified atom stereocenters. The van der Waals surface area contributed by atoms with Crippen LogP contribution in [0.4, 0.5) is 19.2 Å². The Hall–Kier alpha value is -9.72. The predicted molar refractivity (Wildman–Crippen MR) is 296 cm³/mol. The summed E-state index contributed by atoms with van der Waals surface area (Å²) in [6.45, 7) is 11.7. The third-order valence-electron chi connectivity index (χ3n) is 11.3. The number of alkyl carbamates (subject to hydrolysis) is 4. The van der Waals surface area contributed by atoms with Crippen molar-refractivity contribution in [2.75, 3.05) is 20.2 Å². The number of esters is 1. The van der Waals surface area contributed by atoms with Gasteiger partial charge in [-0.2, -0.15) is 0 Å². The van der Waals surface area contributed by atoms with E-state index in [4.69, 9.17) is 50.6 Å². The first-order chi connectivity index (χ1) is 40.7. The van der Waals surface area contributed by atoms with Crippen LogP contribution in [-0.4, -0.2) is 108 Å². The molecule has 2 aromatic carbocycles. The molecule has 0 saturated carbocycles. The molecule has 8 aromatic rings. The van der Waals surface area contributed by atoms with E-state index in [9.17, 15) is 28.8 Å². The van der Waals surface area contributed by atoms with E-state index in [-0.39, 0.29) is 107 Å². The predicted octanol–water partition coefficient (Wildman–Crippen LogP) is 7.61. The van der Waals surface area contributed by atoms with Crippen LogP contribution in [-0.2, 0) is 36.9 Å². The Balaban J connectivity index is 0.000000310. The number of carbonyl (C=O) groups is 6. The van der Waals surface area contributed by atoms with E-state index >= 15 is 0 Å². The minimum absolute atomic E-state index is 0. The van der Waals surface area contributed by atoms with Gasteiger partial charge < -0.3 is 82.0 Å². The molecule has 6 heterocycles. The van der Waals surface area contributed by atoms with Gasteiger partial charge in [0.05, 0.1) is 7.11 Å². The Morgan fingerprint density at radius 2 is 0.862 bits per heavy atom. The van der Waals surface area contributed by atoms with Gasteiger partial charge in [0, 0.05) is 13.1 Å². The fraction of sp³-hybridized carbons (Fsp3) is 0.368. The third kappa shape index (κ3) is 22.0. The standard InChI is InChI=1S/C29H33N5O9.C28H31N5O9.Li.H2O/c1-29(2,3)43-27(36)30-13-9-8-12-19(34-28(37)42-14-18-10-6-5-7-11-18)23-31-20(15-39-23)24-32-21(16-40-24)25-33-22(17-41-25)26(35)38-4;1-28(2,3)42-26(36)29-12-8-7-11-18(33-27(37)41-13-17-9-5-4-6-10-17)22-30-19(14-38-22)23-31-20(15-39-23)24-32-21(16-40-24)25(34)35;;/h5-7,10-11,15-17,19H,8-9,12-14H2,1-4H3,(H,30,36)(H,34,37);4-6,9-10,14-16,18H,7-8,11-13H2,1-3H3,(H,29,36)(H,33,37)(H,34,35);;1H2/q;;+1;/p-1. The van der Waals surface area contributed by atoms with Crippen LogP contribution < -0.4 is 40.1 Å². The Bertz CT molecular complexity index is 3450. The van der Waals surface area contributed by atoms with Crippen LogP contribution in [0.1, 0.15) is 136 Å². The van der Waals surface area contributed by atoms with Crippen LogP contribution in [0.25, 0.3) is 46.3 Å².